The van der Waals surface area contributed by atoms with Crippen LogP contribution >= 0.6 is 22.9 Å². The van der Waals surface area contributed by atoms with E-state index < -0.39 is 0 Å². The van der Waals surface area contributed by atoms with E-state index in [0.29, 0.717) is 0 Å². The molecule has 2 nitrogen and oxygen atoms in total. The summed E-state index contributed by atoms with van der Waals surface area (Å²) >= 11 is 7.32. The fourth-order valence-electron chi connectivity index (χ4n) is 1.39. The Morgan fingerprint density at radius 2 is 2.00 bits per heavy atom. The molecule has 0 atom stereocenters. The molecule has 0 aliphatic heterocycles. The SMILES string of the molecule is Cc1ccc(CNCc2ncc(Cl)s2)cc1. The van der Waals surface area contributed by atoms with Gasteiger partial charge in [0.15, 0.2) is 0 Å². The average Bonchev–Trinajstić information content (AvgIpc) is 2.67. The van der Waals surface area contributed by atoms with Crippen LogP contribution in [0.2, 0.25) is 4.34 Å². The Hall–Kier alpha value is -0.900. The molecule has 0 amide bonds. The van der Waals surface area contributed by atoms with Crippen molar-refractivity contribution in [1.82, 2.24) is 10.3 Å². The van der Waals surface area contributed by atoms with Crippen molar-refractivity contribution >= 4 is 22.9 Å². The molecule has 0 radical (unpaired) electrons. The number of rotatable bonds is 4. The van der Waals surface area contributed by atoms with Crippen LogP contribution in [0.25, 0.3) is 0 Å². The lowest BCUT2D eigenvalue weighted by molar-refractivity contribution is 0.690. The van der Waals surface area contributed by atoms with Crippen LogP contribution in [-0.4, -0.2) is 4.98 Å². The molecule has 0 fully saturated rings. The molecule has 1 aromatic carbocycles. The zero-order chi connectivity index (χ0) is 11.4. The summed E-state index contributed by atoms with van der Waals surface area (Å²) in [7, 11) is 0. The zero-order valence-corrected chi connectivity index (χ0v) is 10.6. The average molecular weight is 253 g/mol. The van der Waals surface area contributed by atoms with Gasteiger partial charge in [0.25, 0.3) is 0 Å². The lowest BCUT2D eigenvalue weighted by Crippen LogP contribution is -2.12. The third-order valence-corrected chi connectivity index (χ3v) is 3.37. The van der Waals surface area contributed by atoms with E-state index in [2.05, 4.69) is 41.5 Å². The first-order valence-corrected chi connectivity index (χ1v) is 6.30. The standard InChI is InChI=1S/C12H13ClN2S/c1-9-2-4-10(5-3-9)6-14-8-12-15-7-11(13)16-12/h2-5,7,14H,6,8H2,1H3. The number of hydrogen-bond acceptors (Lipinski definition) is 3. The second-order valence-electron chi connectivity index (χ2n) is 3.65. The molecule has 2 rings (SSSR count). The summed E-state index contributed by atoms with van der Waals surface area (Å²) in [6.45, 7) is 3.72. The van der Waals surface area contributed by atoms with Gasteiger partial charge in [0.05, 0.1) is 6.20 Å². The predicted octanol–water partition coefficient (Wildman–Crippen LogP) is 3.39. The van der Waals surface area contributed by atoms with E-state index in [-0.39, 0.29) is 0 Å². The summed E-state index contributed by atoms with van der Waals surface area (Å²) in [6.07, 6.45) is 1.69. The first-order valence-electron chi connectivity index (χ1n) is 5.10. The molecule has 1 aromatic heterocycles. The van der Waals surface area contributed by atoms with Crippen molar-refractivity contribution in [2.24, 2.45) is 0 Å². The number of thiazole rings is 1. The summed E-state index contributed by atoms with van der Waals surface area (Å²) in [5.41, 5.74) is 2.57. The van der Waals surface area contributed by atoms with Gasteiger partial charge < -0.3 is 5.32 Å². The molecule has 0 saturated carbocycles. The van der Waals surface area contributed by atoms with Gasteiger partial charge in [-0.15, -0.1) is 11.3 Å². The van der Waals surface area contributed by atoms with E-state index in [9.17, 15) is 0 Å². The molecular weight excluding hydrogens is 240 g/mol. The molecule has 1 heterocycles. The Kier molecular flexibility index (Phi) is 3.93. The van der Waals surface area contributed by atoms with E-state index >= 15 is 0 Å². The molecule has 0 aliphatic rings. The van der Waals surface area contributed by atoms with Crippen molar-refractivity contribution in [3.05, 3.63) is 50.9 Å². The summed E-state index contributed by atoms with van der Waals surface area (Å²) < 4.78 is 0.743. The van der Waals surface area contributed by atoms with E-state index in [1.165, 1.54) is 22.5 Å². The van der Waals surface area contributed by atoms with Crippen LogP contribution in [0.1, 0.15) is 16.1 Å². The molecular formula is C12H13ClN2S. The van der Waals surface area contributed by atoms with Crippen molar-refractivity contribution in [3.8, 4) is 0 Å². The van der Waals surface area contributed by atoms with E-state index in [1.807, 2.05) is 0 Å². The molecule has 84 valence electrons. The summed E-state index contributed by atoms with van der Waals surface area (Å²) in [5, 5.41) is 4.37. The van der Waals surface area contributed by atoms with Crippen LogP contribution in [0, 0.1) is 6.92 Å². The maximum atomic E-state index is 5.80. The van der Waals surface area contributed by atoms with E-state index in [1.54, 1.807) is 6.20 Å². The van der Waals surface area contributed by atoms with Gasteiger partial charge >= 0.3 is 0 Å². The summed E-state index contributed by atoms with van der Waals surface area (Å²) in [5.74, 6) is 0. The lowest BCUT2D eigenvalue weighted by Gasteiger charge is -2.03. The van der Waals surface area contributed by atoms with Crippen molar-refractivity contribution in [2.45, 2.75) is 20.0 Å². The van der Waals surface area contributed by atoms with Crippen LogP contribution in [0.4, 0.5) is 0 Å². The Bertz CT molecular complexity index is 450. The molecule has 2 aromatic rings. The van der Waals surface area contributed by atoms with Crippen LogP contribution in [0.3, 0.4) is 0 Å². The Morgan fingerprint density at radius 3 is 2.62 bits per heavy atom. The van der Waals surface area contributed by atoms with Crippen LogP contribution < -0.4 is 5.32 Å². The largest absolute Gasteiger partial charge is 0.306 e. The van der Waals surface area contributed by atoms with E-state index in [0.717, 1.165) is 22.4 Å². The highest BCUT2D eigenvalue weighted by Crippen LogP contribution is 2.17. The molecule has 0 bridgehead atoms. The molecule has 0 aliphatic carbocycles. The minimum Gasteiger partial charge on any atom is -0.306 e. The van der Waals surface area contributed by atoms with Gasteiger partial charge in [0, 0.05) is 13.1 Å². The van der Waals surface area contributed by atoms with Crippen LogP contribution in [-0.2, 0) is 13.1 Å². The Balaban J connectivity index is 1.82. The molecule has 4 heteroatoms. The fourth-order valence-corrected chi connectivity index (χ4v) is 2.32. The number of hydrogen-bond donors (Lipinski definition) is 1. The first kappa shape index (κ1) is 11.6. The number of benzene rings is 1. The van der Waals surface area contributed by atoms with Gasteiger partial charge in [-0.1, -0.05) is 41.4 Å². The summed E-state index contributed by atoms with van der Waals surface area (Å²) in [6, 6.07) is 8.52. The molecule has 0 unspecified atom stereocenters. The minimum absolute atomic E-state index is 0.743. The maximum Gasteiger partial charge on any atom is 0.113 e. The van der Waals surface area contributed by atoms with Gasteiger partial charge in [0.2, 0.25) is 0 Å². The topological polar surface area (TPSA) is 24.9 Å². The first-order chi connectivity index (χ1) is 7.74. The van der Waals surface area contributed by atoms with Crippen molar-refractivity contribution in [2.75, 3.05) is 0 Å². The van der Waals surface area contributed by atoms with Gasteiger partial charge in [-0.3, -0.25) is 0 Å². The number of aromatic nitrogens is 1. The zero-order valence-electron chi connectivity index (χ0n) is 9.03. The molecule has 16 heavy (non-hydrogen) atoms. The maximum absolute atomic E-state index is 5.80. The Labute approximate surface area is 104 Å². The minimum atomic E-state index is 0.743. The third kappa shape index (κ3) is 3.30. The van der Waals surface area contributed by atoms with E-state index in [4.69, 9.17) is 11.6 Å². The quantitative estimate of drug-likeness (QED) is 0.902. The highest BCUT2D eigenvalue weighted by atomic mass is 35.5. The fraction of sp³-hybridized carbons (Fsp3) is 0.250. The summed E-state index contributed by atoms with van der Waals surface area (Å²) in [4.78, 5) is 4.19. The Morgan fingerprint density at radius 1 is 1.25 bits per heavy atom. The number of nitrogens with zero attached hydrogens (tertiary/aromatic N) is 1. The molecule has 0 spiro atoms. The number of aryl methyl sites for hydroxylation is 1. The van der Waals surface area contributed by atoms with Crippen molar-refractivity contribution in [3.63, 3.8) is 0 Å². The smallest absolute Gasteiger partial charge is 0.113 e. The van der Waals surface area contributed by atoms with Crippen LogP contribution in [0.15, 0.2) is 30.5 Å². The molecule has 1 N–H and O–H groups in total. The third-order valence-electron chi connectivity index (χ3n) is 2.25. The second kappa shape index (κ2) is 5.43. The molecule has 0 saturated heterocycles. The lowest BCUT2D eigenvalue weighted by atomic mass is 10.1. The van der Waals surface area contributed by atoms with Crippen molar-refractivity contribution < 1.29 is 0 Å². The van der Waals surface area contributed by atoms with Gasteiger partial charge in [-0.05, 0) is 12.5 Å². The van der Waals surface area contributed by atoms with Crippen molar-refractivity contribution in [1.29, 1.82) is 0 Å². The highest BCUT2D eigenvalue weighted by molar-refractivity contribution is 7.15. The number of nitrogens with one attached hydrogen (secondary N) is 1. The van der Waals surface area contributed by atoms with Crippen LogP contribution in [0.5, 0.6) is 0 Å². The van der Waals surface area contributed by atoms with Gasteiger partial charge in [-0.2, -0.15) is 0 Å². The second-order valence-corrected chi connectivity index (χ2v) is 5.39. The predicted molar refractivity (Wildman–Crippen MR) is 68.8 cm³/mol. The van der Waals surface area contributed by atoms with Gasteiger partial charge in [0.1, 0.15) is 9.34 Å². The van der Waals surface area contributed by atoms with Gasteiger partial charge in [-0.25, -0.2) is 4.98 Å². The number of halogens is 1. The monoisotopic (exact) mass is 252 g/mol. The highest BCUT2D eigenvalue weighted by Gasteiger charge is 1.99. The normalized spacial score (nSPS) is 10.6.